The SMILES string of the molecule is Cc1cnn(CC(=O)N2C[C@H]3CN(Cc4ccccc4)C[C@@]3(CN(C)C)C2)c1. The summed E-state index contributed by atoms with van der Waals surface area (Å²) < 4.78 is 1.76. The quantitative estimate of drug-likeness (QED) is 0.764. The molecule has 0 saturated carbocycles. The molecule has 4 rings (SSSR count). The lowest BCUT2D eigenvalue weighted by Gasteiger charge is -2.32. The van der Waals surface area contributed by atoms with Crippen LogP contribution in [0.2, 0.25) is 0 Å². The first kappa shape index (κ1) is 19.2. The van der Waals surface area contributed by atoms with E-state index < -0.39 is 0 Å². The third-order valence-corrected chi connectivity index (χ3v) is 6.12. The molecular weight excluding hydrogens is 350 g/mol. The minimum Gasteiger partial charge on any atom is -0.340 e. The Labute approximate surface area is 167 Å². The molecule has 0 N–H and O–H groups in total. The topological polar surface area (TPSA) is 44.6 Å². The number of benzene rings is 1. The minimum atomic E-state index is 0.161. The number of hydrogen-bond donors (Lipinski definition) is 0. The van der Waals surface area contributed by atoms with Crippen molar-refractivity contribution in [3.05, 3.63) is 53.9 Å². The maximum atomic E-state index is 12.9. The van der Waals surface area contributed by atoms with E-state index in [0.717, 1.165) is 44.8 Å². The van der Waals surface area contributed by atoms with Crippen LogP contribution in [0.15, 0.2) is 42.7 Å². The molecule has 2 aromatic rings. The Morgan fingerprint density at radius 1 is 1.21 bits per heavy atom. The summed E-state index contributed by atoms with van der Waals surface area (Å²) in [5, 5.41) is 4.28. The van der Waals surface area contributed by atoms with Gasteiger partial charge >= 0.3 is 0 Å². The third kappa shape index (κ3) is 3.98. The van der Waals surface area contributed by atoms with Crippen LogP contribution in [0.25, 0.3) is 0 Å². The van der Waals surface area contributed by atoms with Crippen molar-refractivity contribution in [3.8, 4) is 0 Å². The lowest BCUT2D eigenvalue weighted by Crippen LogP contribution is -2.43. The molecule has 28 heavy (non-hydrogen) atoms. The van der Waals surface area contributed by atoms with E-state index >= 15 is 0 Å². The van der Waals surface area contributed by atoms with Crippen LogP contribution in [0.3, 0.4) is 0 Å². The zero-order valence-electron chi connectivity index (χ0n) is 17.2. The molecule has 3 heterocycles. The van der Waals surface area contributed by atoms with Crippen molar-refractivity contribution in [2.24, 2.45) is 11.3 Å². The molecule has 0 aliphatic carbocycles. The van der Waals surface area contributed by atoms with Crippen molar-refractivity contribution in [3.63, 3.8) is 0 Å². The standard InChI is InChI=1S/C22H31N5O/c1-18-9-23-27(10-18)14-21(28)26-13-20-12-25(11-19-7-5-4-6-8-19)16-22(20,17-26)15-24(2)3/h4-10,20H,11-17H2,1-3H3/t20-,22+/m1/s1. The van der Waals surface area contributed by atoms with Gasteiger partial charge in [0.05, 0.1) is 6.20 Å². The number of carbonyl (C=O) groups is 1. The van der Waals surface area contributed by atoms with Crippen molar-refractivity contribution in [1.82, 2.24) is 24.5 Å². The second-order valence-corrected chi connectivity index (χ2v) is 8.94. The summed E-state index contributed by atoms with van der Waals surface area (Å²) in [6.45, 7) is 8.18. The normalized spacial score (nSPS) is 24.9. The van der Waals surface area contributed by atoms with Gasteiger partial charge in [0, 0.05) is 50.9 Å². The molecule has 2 aliphatic heterocycles. The number of nitrogens with zero attached hydrogens (tertiary/aromatic N) is 5. The Kier molecular flexibility index (Phi) is 5.25. The van der Waals surface area contributed by atoms with Crippen molar-refractivity contribution in [2.45, 2.75) is 20.0 Å². The molecule has 0 bridgehead atoms. The summed E-state index contributed by atoms with van der Waals surface area (Å²) >= 11 is 0. The Morgan fingerprint density at radius 2 is 2.00 bits per heavy atom. The van der Waals surface area contributed by atoms with Crippen LogP contribution in [0, 0.1) is 18.3 Å². The van der Waals surface area contributed by atoms with Gasteiger partial charge in [-0.3, -0.25) is 14.4 Å². The molecule has 2 aliphatic rings. The first-order valence-corrected chi connectivity index (χ1v) is 10.1. The lowest BCUT2D eigenvalue weighted by molar-refractivity contribution is -0.131. The van der Waals surface area contributed by atoms with E-state index in [2.05, 4.69) is 64.2 Å². The summed E-state index contributed by atoms with van der Waals surface area (Å²) in [5.74, 6) is 0.715. The van der Waals surface area contributed by atoms with E-state index in [1.165, 1.54) is 5.56 Å². The van der Waals surface area contributed by atoms with Gasteiger partial charge in [-0.2, -0.15) is 5.10 Å². The van der Waals surface area contributed by atoms with Crippen LogP contribution >= 0.6 is 0 Å². The highest BCUT2D eigenvalue weighted by Crippen LogP contribution is 2.43. The van der Waals surface area contributed by atoms with Gasteiger partial charge in [-0.25, -0.2) is 0 Å². The molecule has 2 saturated heterocycles. The summed E-state index contributed by atoms with van der Waals surface area (Å²) in [6.07, 6.45) is 3.74. The molecule has 0 radical (unpaired) electrons. The number of amides is 1. The van der Waals surface area contributed by atoms with Crippen LogP contribution in [-0.4, -0.2) is 77.2 Å². The van der Waals surface area contributed by atoms with Gasteiger partial charge < -0.3 is 9.80 Å². The van der Waals surface area contributed by atoms with Crippen LogP contribution in [0.1, 0.15) is 11.1 Å². The number of carbonyl (C=O) groups excluding carboxylic acids is 1. The highest BCUT2D eigenvalue weighted by molar-refractivity contribution is 5.76. The third-order valence-electron chi connectivity index (χ3n) is 6.12. The first-order chi connectivity index (χ1) is 13.4. The summed E-state index contributed by atoms with van der Waals surface area (Å²) in [4.78, 5) is 19.8. The Bertz CT molecular complexity index is 817. The number of aromatic nitrogens is 2. The monoisotopic (exact) mass is 381 g/mol. The molecule has 150 valence electrons. The number of aryl methyl sites for hydroxylation is 1. The fourth-order valence-electron chi connectivity index (χ4n) is 5.09. The average molecular weight is 382 g/mol. The van der Waals surface area contributed by atoms with E-state index in [-0.39, 0.29) is 11.3 Å². The van der Waals surface area contributed by atoms with E-state index in [9.17, 15) is 4.79 Å². The number of fused-ring (bicyclic) bond motifs is 1. The highest BCUT2D eigenvalue weighted by Gasteiger charge is 2.53. The Morgan fingerprint density at radius 3 is 2.68 bits per heavy atom. The van der Waals surface area contributed by atoms with Crippen LogP contribution in [0.5, 0.6) is 0 Å². The first-order valence-electron chi connectivity index (χ1n) is 10.1. The number of hydrogen-bond acceptors (Lipinski definition) is 4. The molecule has 1 aromatic heterocycles. The van der Waals surface area contributed by atoms with Crippen molar-refractivity contribution < 1.29 is 4.79 Å². The molecule has 2 fully saturated rings. The average Bonchev–Trinajstić information content (AvgIpc) is 3.27. The van der Waals surface area contributed by atoms with Gasteiger partial charge in [0.25, 0.3) is 0 Å². The molecule has 6 nitrogen and oxygen atoms in total. The smallest absolute Gasteiger partial charge is 0.244 e. The second kappa shape index (κ2) is 7.68. The Hall–Kier alpha value is -2.18. The summed E-state index contributed by atoms with van der Waals surface area (Å²) in [6, 6.07) is 10.7. The zero-order valence-corrected chi connectivity index (χ0v) is 17.2. The van der Waals surface area contributed by atoms with E-state index in [1.807, 2.05) is 13.1 Å². The molecule has 1 amide bonds. The number of likely N-dealkylation sites (tertiary alicyclic amines) is 2. The fourth-order valence-corrected chi connectivity index (χ4v) is 5.09. The predicted molar refractivity (Wildman–Crippen MR) is 110 cm³/mol. The molecule has 0 unspecified atom stereocenters. The maximum absolute atomic E-state index is 12.9. The molecule has 0 spiro atoms. The van der Waals surface area contributed by atoms with Crippen molar-refractivity contribution >= 4 is 5.91 Å². The van der Waals surface area contributed by atoms with Gasteiger partial charge in [0.2, 0.25) is 5.91 Å². The zero-order chi connectivity index (χ0) is 19.7. The predicted octanol–water partition coefficient (Wildman–Crippen LogP) is 1.71. The van der Waals surface area contributed by atoms with E-state index in [1.54, 1.807) is 10.9 Å². The van der Waals surface area contributed by atoms with Crippen LogP contribution in [0.4, 0.5) is 0 Å². The van der Waals surface area contributed by atoms with E-state index in [0.29, 0.717) is 12.5 Å². The van der Waals surface area contributed by atoms with Gasteiger partial charge in [0.15, 0.2) is 0 Å². The number of rotatable bonds is 6. The fraction of sp³-hybridized carbons (Fsp3) is 0.545. The highest BCUT2D eigenvalue weighted by atomic mass is 16.2. The van der Waals surface area contributed by atoms with Crippen LogP contribution in [-0.2, 0) is 17.9 Å². The largest absolute Gasteiger partial charge is 0.340 e. The second-order valence-electron chi connectivity index (χ2n) is 8.94. The molecule has 6 heteroatoms. The van der Waals surface area contributed by atoms with Crippen molar-refractivity contribution in [1.29, 1.82) is 0 Å². The lowest BCUT2D eigenvalue weighted by atomic mass is 9.80. The van der Waals surface area contributed by atoms with Crippen molar-refractivity contribution in [2.75, 3.05) is 46.8 Å². The van der Waals surface area contributed by atoms with Gasteiger partial charge in [-0.05, 0) is 38.1 Å². The molecule has 1 aromatic carbocycles. The minimum absolute atomic E-state index is 0.161. The van der Waals surface area contributed by atoms with Gasteiger partial charge in [-0.15, -0.1) is 0 Å². The maximum Gasteiger partial charge on any atom is 0.244 e. The summed E-state index contributed by atoms with van der Waals surface area (Å²) in [5.41, 5.74) is 2.62. The Balaban J connectivity index is 1.44. The molecule has 2 atom stereocenters. The van der Waals surface area contributed by atoms with Crippen LogP contribution < -0.4 is 0 Å². The van der Waals surface area contributed by atoms with Gasteiger partial charge in [0.1, 0.15) is 6.54 Å². The van der Waals surface area contributed by atoms with E-state index in [4.69, 9.17) is 0 Å². The molecular formula is C22H31N5O. The summed E-state index contributed by atoms with van der Waals surface area (Å²) in [7, 11) is 4.28. The van der Waals surface area contributed by atoms with Gasteiger partial charge in [-0.1, -0.05) is 30.3 Å².